The predicted octanol–water partition coefficient (Wildman–Crippen LogP) is 4.22. The highest BCUT2D eigenvalue weighted by molar-refractivity contribution is 5.98. The molecule has 20 heavy (non-hydrogen) atoms. The number of hydrogen-bond donors (Lipinski definition) is 1. The Kier molecular flexibility index (Phi) is 4.83. The second kappa shape index (κ2) is 6.60. The summed E-state index contributed by atoms with van der Waals surface area (Å²) < 4.78 is 0. The maximum atomic E-state index is 6.05. The van der Waals surface area contributed by atoms with Gasteiger partial charge in [0.2, 0.25) is 0 Å². The van der Waals surface area contributed by atoms with Gasteiger partial charge in [-0.3, -0.25) is 4.98 Å². The van der Waals surface area contributed by atoms with Gasteiger partial charge in [-0.1, -0.05) is 20.3 Å². The fourth-order valence-electron chi connectivity index (χ4n) is 2.56. The van der Waals surface area contributed by atoms with E-state index in [1.54, 1.807) is 0 Å². The van der Waals surface area contributed by atoms with Gasteiger partial charge in [0.15, 0.2) is 0 Å². The Bertz CT molecular complexity index is 565. The summed E-state index contributed by atoms with van der Waals surface area (Å²) in [6, 6.07) is 8.75. The fourth-order valence-corrected chi connectivity index (χ4v) is 2.56. The minimum atomic E-state index is 0.522. The van der Waals surface area contributed by atoms with Gasteiger partial charge in [0, 0.05) is 29.9 Å². The van der Waals surface area contributed by atoms with Crippen LogP contribution < -0.4 is 10.6 Å². The zero-order valence-electron chi connectivity index (χ0n) is 12.8. The maximum Gasteiger partial charge on any atom is 0.0951 e. The number of nitrogens with zero attached hydrogens (tertiary/aromatic N) is 2. The molecular formula is C17H25N3. The van der Waals surface area contributed by atoms with Crippen LogP contribution in [0.5, 0.6) is 0 Å². The van der Waals surface area contributed by atoms with Gasteiger partial charge in [-0.25, -0.2) is 0 Å². The van der Waals surface area contributed by atoms with Gasteiger partial charge < -0.3 is 10.6 Å². The Morgan fingerprint density at radius 2 is 2.05 bits per heavy atom. The maximum absolute atomic E-state index is 6.05. The first-order valence-corrected chi connectivity index (χ1v) is 7.58. The molecule has 0 aliphatic heterocycles. The van der Waals surface area contributed by atoms with E-state index in [2.05, 4.69) is 42.8 Å². The highest BCUT2D eigenvalue weighted by atomic mass is 15.2. The molecule has 0 bridgehead atoms. The first-order chi connectivity index (χ1) is 9.69. The molecule has 3 heteroatoms. The zero-order valence-corrected chi connectivity index (χ0v) is 12.8. The molecule has 0 saturated heterocycles. The first-order valence-electron chi connectivity index (χ1n) is 7.58. The summed E-state index contributed by atoms with van der Waals surface area (Å²) in [6.07, 6.45) is 5.35. The van der Waals surface area contributed by atoms with Crippen molar-refractivity contribution in [1.29, 1.82) is 0 Å². The number of pyridine rings is 1. The SMILES string of the molecule is CCCCN(c1ccc(N)c2ncccc12)C(C)CC. The molecule has 0 saturated carbocycles. The minimum Gasteiger partial charge on any atom is -0.397 e. The van der Waals surface area contributed by atoms with E-state index < -0.39 is 0 Å². The molecule has 1 atom stereocenters. The lowest BCUT2D eigenvalue weighted by Crippen LogP contribution is -2.33. The zero-order chi connectivity index (χ0) is 14.5. The number of hydrogen-bond acceptors (Lipinski definition) is 3. The molecule has 0 aliphatic carbocycles. The second-order valence-electron chi connectivity index (χ2n) is 5.38. The third-order valence-electron chi connectivity index (χ3n) is 3.96. The monoisotopic (exact) mass is 271 g/mol. The minimum absolute atomic E-state index is 0.522. The largest absolute Gasteiger partial charge is 0.397 e. The molecule has 1 unspecified atom stereocenters. The molecule has 0 radical (unpaired) electrons. The van der Waals surface area contributed by atoms with E-state index in [4.69, 9.17) is 5.73 Å². The molecule has 0 aliphatic rings. The molecule has 0 fully saturated rings. The summed E-state index contributed by atoms with van der Waals surface area (Å²) in [5.41, 5.74) is 8.97. The van der Waals surface area contributed by atoms with E-state index in [9.17, 15) is 0 Å². The quantitative estimate of drug-likeness (QED) is 0.800. The Balaban J connectivity index is 2.50. The molecule has 2 rings (SSSR count). The highest BCUT2D eigenvalue weighted by Gasteiger charge is 2.16. The first kappa shape index (κ1) is 14.6. The van der Waals surface area contributed by atoms with E-state index in [-0.39, 0.29) is 0 Å². The van der Waals surface area contributed by atoms with Crippen molar-refractivity contribution in [3.63, 3.8) is 0 Å². The van der Waals surface area contributed by atoms with Crippen molar-refractivity contribution in [1.82, 2.24) is 4.98 Å². The van der Waals surface area contributed by atoms with Crippen LogP contribution in [0.4, 0.5) is 11.4 Å². The van der Waals surface area contributed by atoms with Crippen molar-refractivity contribution in [2.24, 2.45) is 0 Å². The van der Waals surface area contributed by atoms with Crippen molar-refractivity contribution >= 4 is 22.3 Å². The normalized spacial score (nSPS) is 12.6. The van der Waals surface area contributed by atoms with Crippen LogP contribution >= 0.6 is 0 Å². The van der Waals surface area contributed by atoms with Crippen LogP contribution in [0.3, 0.4) is 0 Å². The lowest BCUT2D eigenvalue weighted by Gasteiger charge is -2.32. The van der Waals surface area contributed by atoms with Crippen molar-refractivity contribution in [3.8, 4) is 0 Å². The van der Waals surface area contributed by atoms with Crippen LogP contribution in [0.15, 0.2) is 30.5 Å². The molecule has 1 heterocycles. The smallest absolute Gasteiger partial charge is 0.0951 e. The van der Waals surface area contributed by atoms with E-state index in [1.807, 2.05) is 18.3 Å². The average molecular weight is 271 g/mol. The van der Waals surface area contributed by atoms with E-state index >= 15 is 0 Å². The molecule has 2 aromatic rings. The molecule has 1 aromatic carbocycles. The molecule has 108 valence electrons. The third-order valence-corrected chi connectivity index (χ3v) is 3.96. The van der Waals surface area contributed by atoms with Gasteiger partial charge in [0.05, 0.1) is 11.2 Å². The van der Waals surface area contributed by atoms with Gasteiger partial charge in [-0.15, -0.1) is 0 Å². The van der Waals surface area contributed by atoms with E-state index in [0.29, 0.717) is 6.04 Å². The molecule has 2 N–H and O–H groups in total. The Labute approximate surface area is 121 Å². The van der Waals surface area contributed by atoms with Crippen molar-refractivity contribution < 1.29 is 0 Å². The van der Waals surface area contributed by atoms with Crippen LogP contribution in [0.25, 0.3) is 10.9 Å². The summed E-state index contributed by atoms with van der Waals surface area (Å²) in [4.78, 5) is 6.93. The van der Waals surface area contributed by atoms with Crippen LogP contribution in [0.2, 0.25) is 0 Å². The van der Waals surface area contributed by atoms with Gasteiger partial charge in [0.25, 0.3) is 0 Å². The number of unbranched alkanes of at least 4 members (excludes halogenated alkanes) is 1. The standard InChI is InChI=1S/C17H25N3/c1-4-6-12-20(13(3)5-2)16-10-9-15(18)17-14(16)8-7-11-19-17/h7-11,13H,4-6,12,18H2,1-3H3. The van der Waals surface area contributed by atoms with Gasteiger partial charge in [-0.2, -0.15) is 0 Å². The van der Waals surface area contributed by atoms with Crippen LogP contribution in [-0.2, 0) is 0 Å². The number of nitrogens with two attached hydrogens (primary N) is 1. The lowest BCUT2D eigenvalue weighted by atomic mass is 10.1. The Hall–Kier alpha value is -1.77. The van der Waals surface area contributed by atoms with E-state index in [0.717, 1.165) is 29.6 Å². The number of fused-ring (bicyclic) bond motifs is 1. The van der Waals surface area contributed by atoms with Gasteiger partial charge in [-0.05, 0) is 44.0 Å². The Morgan fingerprint density at radius 3 is 2.75 bits per heavy atom. The molecular weight excluding hydrogens is 246 g/mol. The third kappa shape index (κ3) is 2.87. The van der Waals surface area contributed by atoms with E-state index in [1.165, 1.54) is 18.5 Å². The molecule has 0 amide bonds. The summed E-state index contributed by atoms with van der Waals surface area (Å²) >= 11 is 0. The molecule has 1 aromatic heterocycles. The lowest BCUT2D eigenvalue weighted by molar-refractivity contribution is 0.597. The summed E-state index contributed by atoms with van der Waals surface area (Å²) in [7, 11) is 0. The number of benzene rings is 1. The van der Waals surface area contributed by atoms with Gasteiger partial charge in [0.1, 0.15) is 0 Å². The second-order valence-corrected chi connectivity index (χ2v) is 5.38. The van der Waals surface area contributed by atoms with Crippen molar-refractivity contribution in [3.05, 3.63) is 30.5 Å². The molecule has 0 spiro atoms. The van der Waals surface area contributed by atoms with Crippen LogP contribution in [0, 0.1) is 0 Å². The number of rotatable bonds is 6. The average Bonchev–Trinajstić information content (AvgIpc) is 2.49. The number of nitrogen functional groups attached to an aromatic ring is 1. The van der Waals surface area contributed by atoms with Crippen molar-refractivity contribution in [2.75, 3.05) is 17.2 Å². The Morgan fingerprint density at radius 1 is 1.25 bits per heavy atom. The fraction of sp³-hybridized carbons (Fsp3) is 0.471. The van der Waals surface area contributed by atoms with Gasteiger partial charge >= 0.3 is 0 Å². The molecule has 3 nitrogen and oxygen atoms in total. The highest BCUT2D eigenvalue weighted by Crippen LogP contribution is 2.31. The van der Waals surface area contributed by atoms with Crippen molar-refractivity contribution in [2.45, 2.75) is 46.1 Å². The number of aromatic nitrogens is 1. The number of anilines is 2. The summed E-state index contributed by atoms with van der Waals surface area (Å²) in [6.45, 7) is 7.84. The summed E-state index contributed by atoms with van der Waals surface area (Å²) in [5.74, 6) is 0. The van der Waals surface area contributed by atoms with Crippen LogP contribution in [-0.4, -0.2) is 17.6 Å². The van der Waals surface area contributed by atoms with Crippen LogP contribution in [0.1, 0.15) is 40.0 Å². The predicted molar refractivity (Wildman–Crippen MR) is 88.2 cm³/mol. The topological polar surface area (TPSA) is 42.1 Å². The summed E-state index contributed by atoms with van der Waals surface area (Å²) in [5, 5.41) is 1.16.